The van der Waals surface area contributed by atoms with Crippen LogP contribution in [0, 0.1) is 6.92 Å². The molecule has 2 aliphatic heterocycles. The molecular weight excluding hydrogens is 446 g/mol. The van der Waals surface area contributed by atoms with Gasteiger partial charge in [-0.2, -0.15) is 4.31 Å². The van der Waals surface area contributed by atoms with Crippen LogP contribution in [0.15, 0.2) is 30.3 Å². The third-order valence-electron chi connectivity index (χ3n) is 5.71. The van der Waals surface area contributed by atoms with E-state index >= 15 is 0 Å². The van der Waals surface area contributed by atoms with Crippen molar-refractivity contribution in [2.24, 2.45) is 0 Å². The van der Waals surface area contributed by atoms with Gasteiger partial charge in [0.15, 0.2) is 11.6 Å². The summed E-state index contributed by atoms with van der Waals surface area (Å²) in [6.45, 7) is 3.38. The summed E-state index contributed by atoms with van der Waals surface area (Å²) in [5, 5.41) is 11.6. The molecule has 2 aliphatic rings. The summed E-state index contributed by atoms with van der Waals surface area (Å²) in [6, 6.07) is 9.30. The number of hydrogen-bond acceptors (Lipinski definition) is 9. The molecule has 2 aromatic heterocycles. The van der Waals surface area contributed by atoms with E-state index in [-0.39, 0.29) is 24.1 Å². The number of aromatic nitrogens is 3. The monoisotopic (exact) mass is 473 g/mol. The van der Waals surface area contributed by atoms with E-state index in [4.69, 9.17) is 0 Å². The zero-order valence-electron chi connectivity index (χ0n) is 18.5. The number of hydrogen-bond donors (Lipinski definition) is 1. The van der Waals surface area contributed by atoms with Crippen LogP contribution in [0.5, 0.6) is 0 Å². The van der Waals surface area contributed by atoms with E-state index in [0.29, 0.717) is 62.9 Å². The lowest BCUT2D eigenvalue weighted by Crippen LogP contribution is -2.51. The number of carbonyl (C=O) groups is 2. The third-order valence-corrected chi connectivity index (χ3v) is 7.56. The average molecular weight is 474 g/mol. The van der Waals surface area contributed by atoms with Crippen molar-refractivity contribution >= 4 is 39.3 Å². The number of amides is 2. The highest BCUT2D eigenvalue weighted by atomic mass is 32.2. The Balaban J connectivity index is 1.29. The Morgan fingerprint density at radius 3 is 2.30 bits per heavy atom. The number of imide groups is 1. The second-order valence-electron chi connectivity index (χ2n) is 8.06. The largest absolute Gasteiger partial charge is 0.352 e. The molecule has 4 heterocycles. The number of pyridine rings is 1. The molecule has 0 spiro atoms. The molecule has 0 atom stereocenters. The quantitative estimate of drug-likeness (QED) is 0.584. The first-order valence-corrected chi connectivity index (χ1v) is 12.5. The highest BCUT2D eigenvalue weighted by Gasteiger charge is 2.31. The Bertz CT molecular complexity index is 1100. The molecule has 2 aromatic rings. The molecule has 12 heteroatoms. The van der Waals surface area contributed by atoms with Gasteiger partial charge in [0, 0.05) is 51.3 Å². The molecule has 4 rings (SSSR count). The smallest absolute Gasteiger partial charge is 0.229 e. The molecular formula is C21H27N7O4S. The predicted octanol–water partition coefficient (Wildman–Crippen LogP) is 0.915. The van der Waals surface area contributed by atoms with E-state index in [1.165, 1.54) is 4.31 Å². The molecule has 2 saturated heterocycles. The normalized spacial score (nSPS) is 18.0. The maximum absolute atomic E-state index is 12.7. The van der Waals surface area contributed by atoms with Crippen LogP contribution >= 0.6 is 0 Å². The molecule has 0 bridgehead atoms. The summed E-state index contributed by atoms with van der Waals surface area (Å²) in [7, 11) is -3.57. The summed E-state index contributed by atoms with van der Waals surface area (Å²) in [6.07, 6.45) is 1.12. The third kappa shape index (κ3) is 5.63. The van der Waals surface area contributed by atoms with E-state index in [9.17, 15) is 18.0 Å². The second kappa shape index (κ2) is 9.79. The summed E-state index contributed by atoms with van der Waals surface area (Å²) in [5.74, 6) is 1.09. The van der Waals surface area contributed by atoms with Crippen LogP contribution in [0.2, 0.25) is 0 Å². The SMILES string of the molecule is Cc1cccc(Nc2ccc(N3CCN(S(=O)(=O)CCN4C(=O)CCCC4=O)CC3)nn2)n1. The van der Waals surface area contributed by atoms with E-state index in [0.717, 1.165) is 10.6 Å². The van der Waals surface area contributed by atoms with E-state index in [1.807, 2.05) is 42.2 Å². The molecule has 33 heavy (non-hydrogen) atoms. The van der Waals surface area contributed by atoms with Crippen molar-refractivity contribution < 1.29 is 18.0 Å². The minimum Gasteiger partial charge on any atom is -0.352 e. The lowest BCUT2D eigenvalue weighted by Gasteiger charge is -2.35. The first-order chi connectivity index (χ1) is 15.8. The van der Waals surface area contributed by atoms with E-state index in [2.05, 4.69) is 20.5 Å². The van der Waals surface area contributed by atoms with Gasteiger partial charge < -0.3 is 10.2 Å². The van der Waals surface area contributed by atoms with Crippen molar-refractivity contribution in [1.29, 1.82) is 0 Å². The van der Waals surface area contributed by atoms with Crippen molar-refractivity contribution in [2.75, 3.05) is 48.7 Å². The number of nitrogens with zero attached hydrogens (tertiary/aromatic N) is 6. The highest BCUT2D eigenvalue weighted by Crippen LogP contribution is 2.19. The number of nitrogens with one attached hydrogen (secondary N) is 1. The van der Waals surface area contributed by atoms with Gasteiger partial charge in [-0.1, -0.05) is 6.07 Å². The van der Waals surface area contributed by atoms with Crippen molar-refractivity contribution in [3.05, 3.63) is 36.0 Å². The van der Waals surface area contributed by atoms with Gasteiger partial charge in [0.1, 0.15) is 5.82 Å². The van der Waals surface area contributed by atoms with Gasteiger partial charge in [-0.3, -0.25) is 14.5 Å². The molecule has 11 nitrogen and oxygen atoms in total. The zero-order chi connectivity index (χ0) is 23.4. The van der Waals surface area contributed by atoms with Gasteiger partial charge in [0.05, 0.1) is 5.75 Å². The van der Waals surface area contributed by atoms with E-state index in [1.54, 1.807) is 0 Å². The summed E-state index contributed by atoms with van der Waals surface area (Å²) < 4.78 is 26.9. The first-order valence-electron chi connectivity index (χ1n) is 10.9. The summed E-state index contributed by atoms with van der Waals surface area (Å²) >= 11 is 0. The van der Waals surface area contributed by atoms with Gasteiger partial charge in [-0.15, -0.1) is 10.2 Å². The van der Waals surface area contributed by atoms with Gasteiger partial charge in [-0.25, -0.2) is 13.4 Å². The fourth-order valence-corrected chi connectivity index (χ4v) is 5.28. The van der Waals surface area contributed by atoms with Crippen molar-refractivity contribution in [3.63, 3.8) is 0 Å². The minimum atomic E-state index is -3.57. The van der Waals surface area contributed by atoms with Crippen molar-refractivity contribution in [2.45, 2.75) is 26.2 Å². The Hall–Kier alpha value is -3.12. The van der Waals surface area contributed by atoms with Crippen LogP contribution in [0.25, 0.3) is 0 Å². The highest BCUT2D eigenvalue weighted by molar-refractivity contribution is 7.89. The van der Waals surface area contributed by atoms with Gasteiger partial charge in [0.25, 0.3) is 0 Å². The predicted molar refractivity (Wildman–Crippen MR) is 122 cm³/mol. The van der Waals surface area contributed by atoms with Gasteiger partial charge >= 0.3 is 0 Å². The number of aryl methyl sites for hydroxylation is 1. The molecule has 2 fully saturated rings. The number of likely N-dealkylation sites (tertiary alicyclic amines) is 1. The molecule has 0 radical (unpaired) electrons. The molecule has 1 N–H and O–H groups in total. The molecule has 0 aromatic carbocycles. The van der Waals surface area contributed by atoms with Crippen LogP contribution < -0.4 is 10.2 Å². The van der Waals surface area contributed by atoms with Crippen LogP contribution in [0.4, 0.5) is 17.5 Å². The number of piperazine rings is 1. The van der Waals surface area contributed by atoms with Gasteiger partial charge in [-0.05, 0) is 37.6 Å². The maximum atomic E-state index is 12.7. The topological polar surface area (TPSA) is 129 Å². The molecule has 0 unspecified atom stereocenters. The Morgan fingerprint density at radius 1 is 0.939 bits per heavy atom. The fraction of sp³-hybridized carbons (Fsp3) is 0.476. The number of carbonyl (C=O) groups excluding carboxylic acids is 2. The van der Waals surface area contributed by atoms with Crippen LogP contribution in [-0.2, 0) is 19.6 Å². The average Bonchev–Trinajstić information content (AvgIpc) is 2.79. The Labute approximate surface area is 192 Å². The number of rotatable bonds is 7. The summed E-state index contributed by atoms with van der Waals surface area (Å²) in [4.78, 5) is 31.2. The lowest BCUT2D eigenvalue weighted by atomic mass is 10.1. The standard InChI is InChI=1S/C21H27N7O4S/c1-16-4-2-5-17(22-16)23-18-8-9-19(25-24-18)26-10-12-27(13-11-26)33(31,32)15-14-28-20(29)6-3-7-21(28)30/h2,4-5,8-9H,3,6-7,10-15H2,1H3,(H,22,23,24). The zero-order valence-corrected chi connectivity index (χ0v) is 19.3. The number of anilines is 3. The van der Waals surface area contributed by atoms with E-state index < -0.39 is 10.0 Å². The Kier molecular flexibility index (Phi) is 6.84. The lowest BCUT2D eigenvalue weighted by molar-refractivity contribution is -0.147. The van der Waals surface area contributed by atoms with Crippen molar-refractivity contribution in [1.82, 2.24) is 24.4 Å². The molecule has 176 valence electrons. The first kappa shape index (κ1) is 23.1. The maximum Gasteiger partial charge on any atom is 0.229 e. The Morgan fingerprint density at radius 2 is 1.67 bits per heavy atom. The molecule has 0 saturated carbocycles. The van der Waals surface area contributed by atoms with Crippen molar-refractivity contribution in [3.8, 4) is 0 Å². The fourth-order valence-electron chi connectivity index (χ4n) is 3.88. The second-order valence-corrected chi connectivity index (χ2v) is 10.1. The number of piperidine rings is 1. The number of sulfonamides is 1. The van der Waals surface area contributed by atoms with Crippen LogP contribution in [-0.4, -0.2) is 83.1 Å². The van der Waals surface area contributed by atoms with Crippen LogP contribution in [0.3, 0.4) is 0 Å². The molecule has 2 amide bonds. The molecule has 0 aliphatic carbocycles. The van der Waals surface area contributed by atoms with Crippen LogP contribution in [0.1, 0.15) is 25.0 Å². The minimum absolute atomic E-state index is 0.0874. The van der Waals surface area contributed by atoms with Gasteiger partial charge in [0.2, 0.25) is 21.8 Å². The summed E-state index contributed by atoms with van der Waals surface area (Å²) in [5.41, 5.74) is 0.895.